The Bertz CT molecular complexity index is 3040. The van der Waals surface area contributed by atoms with E-state index >= 15 is 0 Å². The zero-order valence-electron chi connectivity index (χ0n) is 88.0. The van der Waals surface area contributed by atoms with Gasteiger partial charge in [0.05, 0.1) is 47.8 Å². The van der Waals surface area contributed by atoms with Crippen LogP contribution < -0.4 is 0 Å². The molecule has 4 nitrogen and oxygen atoms in total. The predicted octanol–water partition coefficient (Wildman–Crippen LogP) is 36.2. The van der Waals surface area contributed by atoms with E-state index in [1.165, 1.54) is 244 Å². The van der Waals surface area contributed by atoms with Gasteiger partial charge in [0.25, 0.3) is 0 Å². The van der Waals surface area contributed by atoms with Crippen LogP contribution in [0.3, 0.4) is 0 Å². The summed E-state index contributed by atoms with van der Waals surface area (Å²) in [5, 5.41) is 0. The van der Waals surface area contributed by atoms with Crippen LogP contribution in [0, 0.1) is 152 Å². The van der Waals surface area contributed by atoms with E-state index in [2.05, 4.69) is 222 Å². The van der Waals surface area contributed by atoms with E-state index in [4.69, 9.17) is 18.9 Å². The van der Waals surface area contributed by atoms with Gasteiger partial charge in [0, 0.05) is 0 Å². The van der Waals surface area contributed by atoms with Crippen molar-refractivity contribution in [2.24, 2.45) is 152 Å². The lowest BCUT2D eigenvalue weighted by molar-refractivity contribution is -0.0700. The molecule has 20 rings (SSSR count). The summed E-state index contributed by atoms with van der Waals surface area (Å²) >= 11 is 0. The van der Waals surface area contributed by atoms with Gasteiger partial charge in [-0.3, -0.25) is 0 Å². The topological polar surface area (TPSA) is 36.9 Å². The van der Waals surface area contributed by atoms with E-state index in [1.54, 1.807) is 77.0 Å². The minimum atomic E-state index is 0.0472. The van der Waals surface area contributed by atoms with Crippen molar-refractivity contribution >= 4 is 0 Å². The van der Waals surface area contributed by atoms with Crippen molar-refractivity contribution in [1.82, 2.24) is 0 Å². The molecule has 7 atom stereocenters. The zero-order valence-corrected chi connectivity index (χ0v) is 88.0. The van der Waals surface area contributed by atoms with Crippen molar-refractivity contribution in [3.8, 4) is 0 Å². The first-order valence-corrected chi connectivity index (χ1v) is 54.1. The first kappa shape index (κ1) is 101. The number of hydrogen-bond donors (Lipinski definition) is 0. The third kappa shape index (κ3) is 28.7. The second kappa shape index (κ2) is 37.7. The predicted molar refractivity (Wildman–Crippen MR) is 523 cm³/mol. The molecule has 7 unspecified atom stereocenters. The molecule has 0 amide bonds. The monoisotopic (exact) mass is 1680 g/mol. The Kier molecular flexibility index (Phi) is 31.6. The molecule has 121 heavy (non-hydrogen) atoms. The maximum absolute atomic E-state index is 6.04. The molecule has 0 aromatic rings. The van der Waals surface area contributed by atoms with Crippen molar-refractivity contribution < 1.29 is 18.9 Å². The van der Waals surface area contributed by atoms with Crippen LogP contribution in [0.15, 0.2) is 0 Å². The first-order valence-electron chi connectivity index (χ1n) is 54.1. The van der Waals surface area contributed by atoms with E-state index in [1.807, 2.05) is 0 Å². The van der Waals surface area contributed by atoms with Gasteiger partial charge in [-0.1, -0.05) is 231 Å². The van der Waals surface area contributed by atoms with Crippen LogP contribution >= 0.6 is 0 Å². The van der Waals surface area contributed by atoms with Gasteiger partial charge in [-0.2, -0.15) is 0 Å². The summed E-state index contributed by atoms with van der Waals surface area (Å²) in [6.45, 7) is 77.0. The molecule has 0 radical (unpaired) electrons. The van der Waals surface area contributed by atoms with Crippen LogP contribution in [0.4, 0.5) is 0 Å². The SMILES string of the molecule is CC(C)(C)C1CC2(CCC2)C1.CC(C)(C)C1CC2(CCCC2)C1.CC(C)(C)C1CCC2(CC1)CC2.CC(C)(C)C1CCC2(CC2)C1.CC(C)(C)C1CCC2(CCC2)CC1.CC(C)(C)C1CCC2(CCCC2)CC1.CC(C)(C)C1COC2(CC2)C1.CC(C)(C)C1COC2(CCCC2)C1.CC(C)(C)OC1CC2C(C1)C2(C)C.CC(C)(C)OC1CC2CC2C1. The lowest BCUT2D eigenvalue weighted by Crippen LogP contribution is -2.47. The maximum Gasteiger partial charge on any atom is 0.0688 e. The second-order valence-corrected chi connectivity index (χ2v) is 60.0. The molecule has 0 bridgehead atoms. The molecule has 2 aliphatic heterocycles. The largest absolute Gasteiger partial charge is 0.375 e. The average Bonchev–Trinajstić information content (AvgIpc) is 1.68. The number of rotatable bonds is 2. The summed E-state index contributed by atoms with van der Waals surface area (Å²) in [6, 6.07) is 0. The van der Waals surface area contributed by atoms with Crippen LogP contribution in [0.2, 0.25) is 0 Å². The lowest BCUT2D eigenvalue weighted by Gasteiger charge is -2.58. The fourth-order valence-corrected chi connectivity index (χ4v) is 28.1. The molecule has 18 aliphatic carbocycles. The Morgan fingerprint density at radius 3 is 0.702 bits per heavy atom. The summed E-state index contributed by atoms with van der Waals surface area (Å²) in [5.74, 6) is 11.7. The molecule has 706 valence electrons. The highest BCUT2D eigenvalue weighted by Gasteiger charge is 2.63. The molecule has 0 N–H and O–H groups in total. The Labute approximate surface area is 756 Å². The molecular formula is C117H214O4. The van der Waals surface area contributed by atoms with Gasteiger partial charge in [-0.05, 0) is 463 Å². The molecule has 20 fully saturated rings. The highest BCUT2D eigenvalue weighted by atomic mass is 16.5. The van der Waals surface area contributed by atoms with Crippen molar-refractivity contribution in [3.63, 3.8) is 0 Å². The molecule has 18 saturated carbocycles. The minimum Gasteiger partial charge on any atom is -0.375 e. The molecule has 0 aromatic heterocycles. The Morgan fingerprint density at radius 1 is 0.215 bits per heavy atom. The van der Waals surface area contributed by atoms with Gasteiger partial charge in [-0.25, -0.2) is 0 Å². The average molecular weight is 1680 g/mol. The Morgan fingerprint density at radius 2 is 0.463 bits per heavy atom. The Balaban J connectivity index is 0.000000131. The van der Waals surface area contributed by atoms with Gasteiger partial charge >= 0.3 is 0 Å². The first-order chi connectivity index (χ1) is 55.5. The third-order valence-corrected chi connectivity index (χ3v) is 39.7. The summed E-state index contributed by atoms with van der Waals surface area (Å²) in [7, 11) is 0. The quantitative estimate of drug-likeness (QED) is 0.276. The number of hydrogen-bond acceptors (Lipinski definition) is 4. The van der Waals surface area contributed by atoms with Crippen molar-refractivity contribution in [2.45, 2.75) is 577 Å². The van der Waals surface area contributed by atoms with Crippen LogP contribution in [0.25, 0.3) is 0 Å². The van der Waals surface area contributed by atoms with E-state index in [0.29, 0.717) is 72.1 Å². The van der Waals surface area contributed by atoms with Gasteiger partial charge in [0.15, 0.2) is 0 Å². The summed E-state index contributed by atoms with van der Waals surface area (Å²) in [4.78, 5) is 0. The van der Waals surface area contributed by atoms with Crippen LogP contribution in [-0.4, -0.2) is 47.8 Å². The van der Waals surface area contributed by atoms with E-state index < -0.39 is 0 Å². The van der Waals surface area contributed by atoms with Crippen molar-refractivity contribution in [1.29, 1.82) is 0 Å². The smallest absolute Gasteiger partial charge is 0.0688 e. The molecule has 4 heteroatoms. The van der Waals surface area contributed by atoms with Gasteiger partial charge in [-0.15, -0.1) is 0 Å². The third-order valence-electron chi connectivity index (χ3n) is 39.7. The van der Waals surface area contributed by atoms with Crippen molar-refractivity contribution in [2.75, 3.05) is 13.2 Å². The fourth-order valence-electron chi connectivity index (χ4n) is 28.1. The molecule has 8 spiro atoms. The minimum absolute atomic E-state index is 0.0472. The molecule has 20 aliphatic rings. The maximum atomic E-state index is 6.04. The standard InChI is InChI=1S/C14H26.C13H24.2C12H22O.2C12H22.2C11H20.2C10H18O/c1-13(2,3)12-6-10-14(11-7-12)8-4-5-9-14;1-12(2,3)11-5-9-13(10-6-11)7-4-8-13;1-11(2,3)13-8-6-9-10(7-8)12(9,4)5;1-11(2,3)10-8-12(13-9-10)6-4-5-7-12;1-11(2,3)10-4-6-12(7-5-10)8-9-12;1-11(2,3)10-8-12(9-10)6-4-5-7-12;1-10(2,3)9-4-5-11(8-9)6-7-11;1-10(2,3)9-7-11(8-9)5-4-6-11;1-10(2,3)11-9-5-7-4-8(7)6-9;1-9(2,3)8-6-10(4-5-10)11-7-8/h12H,4-11H2,1-3H3;11H,4-10H2,1-3H3;8-10H,6-7H2,1-5H3;10H,4-9H2,1-3H3;2*10H,4-9H2,1-3H3;2*9H,4-8H2,1-3H3;7-9H,4-6H2,1-3H3;8H,4-7H2,1-3H3. The number of fused-ring (bicyclic) bond motifs is 2. The molecular weight excluding hydrogens is 1470 g/mol. The van der Waals surface area contributed by atoms with Crippen LogP contribution in [0.1, 0.15) is 543 Å². The fraction of sp³-hybridized carbons (Fsp3) is 1.00. The second-order valence-electron chi connectivity index (χ2n) is 60.0. The van der Waals surface area contributed by atoms with Gasteiger partial charge in [0.1, 0.15) is 0 Å². The summed E-state index contributed by atoms with van der Waals surface area (Å²) < 4.78 is 23.7. The molecule has 0 aromatic carbocycles. The molecule has 2 saturated heterocycles. The zero-order chi connectivity index (χ0) is 89.2. The van der Waals surface area contributed by atoms with E-state index in [-0.39, 0.29) is 11.2 Å². The highest BCUT2D eigenvalue weighted by Crippen LogP contribution is 2.69. The summed E-state index contributed by atoms with van der Waals surface area (Å²) in [6.07, 6.45) is 75.1. The Hall–Kier alpha value is -0.160. The van der Waals surface area contributed by atoms with E-state index in [0.717, 1.165) is 117 Å². The molecule has 2 heterocycles. The highest BCUT2D eigenvalue weighted by molar-refractivity contribution is 5.12. The normalized spacial score (nSPS) is 33.1. The van der Waals surface area contributed by atoms with Gasteiger partial charge in [0.2, 0.25) is 0 Å². The van der Waals surface area contributed by atoms with Gasteiger partial charge < -0.3 is 18.9 Å². The van der Waals surface area contributed by atoms with Crippen LogP contribution in [0.5, 0.6) is 0 Å². The van der Waals surface area contributed by atoms with E-state index in [9.17, 15) is 0 Å². The number of ether oxygens (including phenoxy) is 4. The summed E-state index contributed by atoms with van der Waals surface area (Å²) in [5.41, 5.74) is 10.9. The van der Waals surface area contributed by atoms with Crippen LogP contribution in [-0.2, 0) is 18.9 Å². The lowest BCUT2D eigenvalue weighted by atomic mass is 9.47. The van der Waals surface area contributed by atoms with Crippen molar-refractivity contribution in [3.05, 3.63) is 0 Å².